The molecule has 2 rings (SSSR count). The lowest BCUT2D eigenvalue weighted by Gasteiger charge is -2.38. The van der Waals surface area contributed by atoms with Crippen LogP contribution in [0.2, 0.25) is 0 Å². The van der Waals surface area contributed by atoms with Crippen molar-refractivity contribution in [2.24, 2.45) is 5.41 Å². The van der Waals surface area contributed by atoms with Crippen molar-refractivity contribution in [2.75, 3.05) is 6.54 Å². The molecule has 2 N–H and O–H groups in total. The number of carbonyl (C=O) groups is 1. The summed E-state index contributed by atoms with van der Waals surface area (Å²) >= 11 is 0. The van der Waals surface area contributed by atoms with Crippen LogP contribution in [0.4, 0.5) is 0 Å². The minimum absolute atomic E-state index is 0.0142. The molecule has 1 aliphatic rings. The maximum absolute atomic E-state index is 12.1. The Morgan fingerprint density at radius 3 is 2.58 bits per heavy atom. The van der Waals surface area contributed by atoms with Crippen molar-refractivity contribution in [3.05, 3.63) is 17.6 Å². The van der Waals surface area contributed by atoms with Gasteiger partial charge in [0.25, 0.3) is 0 Å². The van der Waals surface area contributed by atoms with Gasteiger partial charge in [0.2, 0.25) is 15.8 Å². The van der Waals surface area contributed by atoms with E-state index >= 15 is 0 Å². The molecule has 0 atom stereocenters. The summed E-state index contributed by atoms with van der Waals surface area (Å²) in [6, 6.07) is 1.04. The van der Waals surface area contributed by atoms with Crippen molar-refractivity contribution >= 4 is 16.0 Å². The van der Waals surface area contributed by atoms with Crippen LogP contribution in [-0.2, 0) is 10.0 Å². The number of rotatable bonds is 5. The van der Waals surface area contributed by atoms with E-state index in [-0.39, 0.29) is 21.8 Å². The molecule has 7 heteroatoms. The van der Waals surface area contributed by atoms with Crippen molar-refractivity contribution in [3.8, 4) is 0 Å². The third kappa shape index (κ3) is 2.82. The quantitative estimate of drug-likeness (QED) is 0.860. The van der Waals surface area contributed by atoms with E-state index in [0.717, 1.165) is 25.3 Å². The van der Waals surface area contributed by atoms with Crippen LogP contribution in [0.25, 0.3) is 0 Å². The van der Waals surface area contributed by atoms with Crippen molar-refractivity contribution in [1.29, 1.82) is 0 Å². The summed E-state index contributed by atoms with van der Waals surface area (Å²) in [5, 5.41) is 8.79. The first-order valence-electron chi connectivity index (χ1n) is 6.07. The summed E-state index contributed by atoms with van der Waals surface area (Å²) < 4.78 is 31.7. The zero-order valence-corrected chi connectivity index (χ0v) is 11.7. The molecule has 0 amide bonds. The molecule has 1 aliphatic carbocycles. The topological polar surface area (TPSA) is 96.6 Å². The molecule has 0 saturated heterocycles. The van der Waals surface area contributed by atoms with E-state index in [2.05, 4.69) is 4.72 Å². The van der Waals surface area contributed by atoms with Gasteiger partial charge in [0.05, 0.1) is 0 Å². The third-order valence-corrected chi connectivity index (χ3v) is 5.13. The fourth-order valence-electron chi connectivity index (χ4n) is 2.14. The summed E-state index contributed by atoms with van der Waals surface area (Å²) in [7, 11) is -3.72. The normalized spacial score (nSPS) is 18.0. The molecule has 0 aromatic carbocycles. The second-order valence-electron chi connectivity index (χ2n) is 5.33. The highest BCUT2D eigenvalue weighted by Gasteiger charge is 2.34. The van der Waals surface area contributed by atoms with Crippen LogP contribution in [0.3, 0.4) is 0 Å². The van der Waals surface area contributed by atoms with Crippen LogP contribution >= 0.6 is 0 Å². The lowest BCUT2D eigenvalue weighted by Crippen LogP contribution is -2.39. The second-order valence-corrected chi connectivity index (χ2v) is 7.06. The van der Waals surface area contributed by atoms with Gasteiger partial charge in [-0.1, -0.05) is 13.3 Å². The van der Waals surface area contributed by atoms with Gasteiger partial charge in [0.1, 0.15) is 10.7 Å². The van der Waals surface area contributed by atoms with E-state index in [0.29, 0.717) is 6.54 Å². The van der Waals surface area contributed by atoms with E-state index in [1.807, 2.05) is 6.92 Å². The molecule has 106 valence electrons. The summed E-state index contributed by atoms with van der Waals surface area (Å²) in [6.45, 7) is 3.83. The lowest BCUT2D eigenvalue weighted by atomic mass is 9.71. The van der Waals surface area contributed by atoms with Gasteiger partial charge >= 0.3 is 5.97 Å². The van der Waals surface area contributed by atoms with E-state index < -0.39 is 16.0 Å². The number of carboxylic acid groups (broad SMARTS) is 1. The first kappa shape index (κ1) is 14.1. The smallest absolute Gasteiger partial charge is 0.371 e. The molecule has 1 heterocycles. The van der Waals surface area contributed by atoms with Crippen molar-refractivity contribution in [2.45, 2.75) is 38.0 Å². The Hall–Kier alpha value is -1.34. The number of furan rings is 1. The van der Waals surface area contributed by atoms with E-state index in [4.69, 9.17) is 9.52 Å². The zero-order chi connectivity index (χ0) is 14.3. The SMILES string of the molecule is Cc1oc(C(=O)O)cc1S(=O)(=O)NCC1(C)CCC1. The minimum Gasteiger partial charge on any atom is -0.475 e. The molecule has 1 saturated carbocycles. The summed E-state index contributed by atoms with van der Waals surface area (Å²) in [4.78, 5) is 10.7. The first-order valence-corrected chi connectivity index (χ1v) is 7.55. The molecule has 0 radical (unpaired) electrons. The molecule has 6 nitrogen and oxygen atoms in total. The molecule has 0 aliphatic heterocycles. The number of nitrogens with one attached hydrogen (secondary N) is 1. The number of hydrogen-bond donors (Lipinski definition) is 2. The summed E-state index contributed by atoms with van der Waals surface area (Å²) in [5.41, 5.74) is 0.0142. The van der Waals surface area contributed by atoms with Gasteiger partial charge in [-0.2, -0.15) is 0 Å². The molecule has 1 aromatic heterocycles. The maximum atomic E-state index is 12.1. The van der Waals surface area contributed by atoms with Crippen LogP contribution in [0.1, 0.15) is 42.5 Å². The Bertz CT molecular complexity index is 598. The van der Waals surface area contributed by atoms with Crippen LogP contribution in [-0.4, -0.2) is 26.0 Å². The zero-order valence-electron chi connectivity index (χ0n) is 10.9. The fourth-order valence-corrected chi connectivity index (χ4v) is 3.52. The molecule has 0 bridgehead atoms. The first-order chi connectivity index (χ1) is 8.73. The molecular formula is C12H17NO5S. The molecule has 19 heavy (non-hydrogen) atoms. The highest BCUT2D eigenvalue weighted by atomic mass is 32.2. The number of aromatic carboxylic acids is 1. The van der Waals surface area contributed by atoms with Crippen LogP contribution < -0.4 is 4.72 Å². The van der Waals surface area contributed by atoms with E-state index in [1.165, 1.54) is 6.92 Å². The van der Waals surface area contributed by atoms with Crippen molar-refractivity contribution in [3.63, 3.8) is 0 Å². The number of hydrogen-bond acceptors (Lipinski definition) is 4. The number of sulfonamides is 1. The third-order valence-electron chi connectivity index (χ3n) is 3.62. The average Bonchev–Trinajstić information content (AvgIpc) is 2.67. The predicted octanol–water partition coefficient (Wildman–Crippen LogP) is 1.75. The molecule has 1 aromatic rings. The summed E-state index contributed by atoms with van der Waals surface area (Å²) in [6.07, 6.45) is 3.12. The number of carboxylic acids is 1. The van der Waals surface area contributed by atoms with Gasteiger partial charge in [0.15, 0.2) is 0 Å². The summed E-state index contributed by atoms with van der Waals surface area (Å²) in [5.74, 6) is -1.56. The van der Waals surface area contributed by atoms with Crippen molar-refractivity contribution in [1.82, 2.24) is 4.72 Å². The van der Waals surface area contributed by atoms with Crippen molar-refractivity contribution < 1.29 is 22.7 Å². The van der Waals surface area contributed by atoms with Crippen LogP contribution in [0.5, 0.6) is 0 Å². The molecule has 1 fully saturated rings. The Morgan fingerprint density at radius 2 is 2.16 bits per heavy atom. The predicted molar refractivity (Wildman–Crippen MR) is 67.6 cm³/mol. The fraction of sp³-hybridized carbons (Fsp3) is 0.583. The van der Waals surface area contributed by atoms with Gasteiger partial charge < -0.3 is 9.52 Å². The molecular weight excluding hydrogens is 270 g/mol. The van der Waals surface area contributed by atoms with Gasteiger partial charge in [-0.05, 0) is 25.2 Å². The molecule has 0 spiro atoms. The standard InChI is InChI=1S/C12H17NO5S/c1-8-10(6-9(18-8)11(14)15)19(16,17)13-7-12(2)4-3-5-12/h6,13H,3-5,7H2,1-2H3,(H,14,15). The van der Waals surface area contributed by atoms with Crippen LogP contribution in [0.15, 0.2) is 15.4 Å². The van der Waals surface area contributed by atoms with Gasteiger partial charge in [-0.3, -0.25) is 0 Å². The Morgan fingerprint density at radius 1 is 1.53 bits per heavy atom. The Kier molecular flexibility index (Phi) is 3.44. The highest BCUT2D eigenvalue weighted by Crippen LogP contribution is 2.39. The monoisotopic (exact) mass is 287 g/mol. The second kappa shape index (κ2) is 4.64. The van der Waals surface area contributed by atoms with E-state index in [1.54, 1.807) is 0 Å². The Labute approximate surface area is 111 Å². The molecule has 0 unspecified atom stereocenters. The van der Waals surface area contributed by atoms with E-state index in [9.17, 15) is 13.2 Å². The Balaban J connectivity index is 2.17. The van der Waals surface area contributed by atoms with Crippen LogP contribution in [0, 0.1) is 12.3 Å². The van der Waals surface area contributed by atoms with Gasteiger partial charge in [0, 0.05) is 12.6 Å². The number of aryl methyl sites for hydroxylation is 1. The van der Waals surface area contributed by atoms with Gasteiger partial charge in [-0.15, -0.1) is 0 Å². The minimum atomic E-state index is -3.72. The maximum Gasteiger partial charge on any atom is 0.371 e. The average molecular weight is 287 g/mol. The lowest BCUT2D eigenvalue weighted by molar-refractivity contribution is 0.0661. The largest absolute Gasteiger partial charge is 0.475 e. The highest BCUT2D eigenvalue weighted by molar-refractivity contribution is 7.89. The van der Waals surface area contributed by atoms with Gasteiger partial charge in [-0.25, -0.2) is 17.9 Å².